The van der Waals surface area contributed by atoms with E-state index < -0.39 is 5.82 Å². The minimum absolute atomic E-state index is 0.159. The minimum Gasteiger partial charge on any atom is -0.338 e. The largest absolute Gasteiger partial charge is 0.338 e. The monoisotopic (exact) mass is 350 g/mol. The molecule has 0 spiro atoms. The fourth-order valence-corrected chi connectivity index (χ4v) is 4.26. The van der Waals surface area contributed by atoms with Gasteiger partial charge in [0.25, 0.3) is 5.91 Å². The quantitative estimate of drug-likeness (QED) is 0.734. The van der Waals surface area contributed by atoms with E-state index in [9.17, 15) is 9.18 Å². The van der Waals surface area contributed by atoms with E-state index in [1.54, 1.807) is 24.4 Å². The molecule has 1 aromatic carbocycles. The molecule has 3 nitrogen and oxygen atoms in total. The third-order valence-corrected chi connectivity index (χ3v) is 5.63. The van der Waals surface area contributed by atoms with Gasteiger partial charge in [-0.25, -0.2) is 4.39 Å². The molecular formula is C22H23FN2O. The number of rotatable bonds is 6. The highest BCUT2D eigenvalue weighted by atomic mass is 19.1. The molecule has 134 valence electrons. The number of carbonyl (C=O) groups is 1. The maximum atomic E-state index is 14.2. The predicted octanol–water partition coefficient (Wildman–Crippen LogP) is 4.12. The van der Waals surface area contributed by atoms with Gasteiger partial charge in [0, 0.05) is 31.4 Å². The van der Waals surface area contributed by atoms with E-state index in [2.05, 4.69) is 17.1 Å². The van der Waals surface area contributed by atoms with Crippen LogP contribution in [0.2, 0.25) is 0 Å². The fraction of sp³-hybridized carbons (Fsp3) is 0.364. The highest BCUT2D eigenvalue weighted by Gasteiger charge is 2.37. The number of hydrogen-bond acceptors (Lipinski definition) is 2. The second kappa shape index (κ2) is 7.40. The number of aromatic nitrogens is 1. The average molecular weight is 350 g/mol. The summed E-state index contributed by atoms with van der Waals surface area (Å²) in [6, 6.07) is 12.1. The van der Waals surface area contributed by atoms with E-state index in [0.29, 0.717) is 37.3 Å². The van der Waals surface area contributed by atoms with Crippen LogP contribution in [-0.4, -0.2) is 28.9 Å². The van der Waals surface area contributed by atoms with Crippen molar-refractivity contribution in [3.63, 3.8) is 0 Å². The van der Waals surface area contributed by atoms with Crippen LogP contribution in [0.15, 0.2) is 60.8 Å². The number of halogens is 1. The Morgan fingerprint density at radius 2 is 1.96 bits per heavy atom. The summed E-state index contributed by atoms with van der Waals surface area (Å²) < 4.78 is 14.2. The van der Waals surface area contributed by atoms with Crippen molar-refractivity contribution in [2.45, 2.75) is 19.3 Å². The van der Waals surface area contributed by atoms with Crippen molar-refractivity contribution in [1.82, 2.24) is 9.88 Å². The summed E-state index contributed by atoms with van der Waals surface area (Å²) in [5.74, 6) is 1.03. The van der Waals surface area contributed by atoms with Crippen LogP contribution < -0.4 is 0 Å². The highest BCUT2D eigenvalue weighted by Crippen LogP contribution is 2.43. The molecule has 0 saturated heterocycles. The van der Waals surface area contributed by atoms with E-state index in [-0.39, 0.29) is 11.5 Å². The first-order chi connectivity index (χ1) is 12.7. The normalized spacial score (nSPS) is 23.3. The van der Waals surface area contributed by atoms with Crippen LogP contribution in [0.3, 0.4) is 0 Å². The number of amides is 1. The predicted molar refractivity (Wildman–Crippen MR) is 99.1 cm³/mol. The molecule has 0 radical (unpaired) electrons. The fourth-order valence-electron chi connectivity index (χ4n) is 4.26. The molecule has 2 aliphatic rings. The zero-order valence-corrected chi connectivity index (χ0v) is 14.7. The highest BCUT2D eigenvalue weighted by molar-refractivity contribution is 5.94. The molecule has 26 heavy (non-hydrogen) atoms. The average Bonchev–Trinajstić information content (AvgIpc) is 3.29. The van der Waals surface area contributed by atoms with Gasteiger partial charge in [-0.05, 0) is 54.9 Å². The second-order valence-electron chi connectivity index (χ2n) is 7.34. The zero-order valence-electron chi connectivity index (χ0n) is 14.7. The third-order valence-electron chi connectivity index (χ3n) is 5.63. The molecule has 4 rings (SSSR count). The molecular weight excluding hydrogens is 327 g/mol. The summed E-state index contributed by atoms with van der Waals surface area (Å²) in [5.41, 5.74) is 1.11. The summed E-state index contributed by atoms with van der Waals surface area (Å²) in [6.07, 6.45) is 9.37. The first kappa shape index (κ1) is 17.0. The molecule has 1 aromatic heterocycles. The van der Waals surface area contributed by atoms with Crippen LogP contribution in [-0.2, 0) is 6.42 Å². The van der Waals surface area contributed by atoms with Gasteiger partial charge < -0.3 is 4.90 Å². The van der Waals surface area contributed by atoms with Crippen molar-refractivity contribution in [1.29, 1.82) is 0 Å². The van der Waals surface area contributed by atoms with E-state index in [1.165, 1.54) is 12.5 Å². The number of fused-ring (bicyclic) bond motifs is 2. The molecule has 3 unspecified atom stereocenters. The van der Waals surface area contributed by atoms with Crippen molar-refractivity contribution in [3.8, 4) is 0 Å². The van der Waals surface area contributed by atoms with Gasteiger partial charge in [-0.2, -0.15) is 0 Å². The van der Waals surface area contributed by atoms with Crippen molar-refractivity contribution < 1.29 is 9.18 Å². The Morgan fingerprint density at radius 1 is 1.12 bits per heavy atom. The number of pyridine rings is 1. The van der Waals surface area contributed by atoms with Gasteiger partial charge in [-0.3, -0.25) is 9.78 Å². The molecule has 1 amide bonds. The molecule has 4 heteroatoms. The first-order valence-electron chi connectivity index (χ1n) is 9.33. The van der Waals surface area contributed by atoms with Gasteiger partial charge >= 0.3 is 0 Å². The third kappa shape index (κ3) is 3.55. The molecule has 1 heterocycles. The molecule has 2 aromatic rings. The van der Waals surface area contributed by atoms with Gasteiger partial charge in [0.15, 0.2) is 0 Å². The van der Waals surface area contributed by atoms with Crippen LogP contribution in [0.1, 0.15) is 28.9 Å². The van der Waals surface area contributed by atoms with Crippen LogP contribution in [0.5, 0.6) is 0 Å². The lowest BCUT2D eigenvalue weighted by molar-refractivity contribution is 0.0716. The number of benzene rings is 1. The van der Waals surface area contributed by atoms with Crippen molar-refractivity contribution in [3.05, 3.63) is 77.9 Å². The zero-order chi connectivity index (χ0) is 17.9. The lowest BCUT2D eigenvalue weighted by Gasteiger charge is -2.29. The Kier molecular flexibility index (Phi) is 4.83. The first-order valence-corrected chi connectivity index (χ1v) is 9.33. The van der Waals surface area contributed by atoms with Gasteiger partial charge in [0.05, 0.1) is 5.56 Å². The topological polar surface area (TPSA) is 33.2 Å². The Morgan fingerprint density at radius 3 is 2.65 bits per heavy atom. The van der Waals surface area contributed by atoms with Gasteiger partial charge in [-0.1, -0.05) is 30.4 Å². The summed E-state index contributed by atoms with van der Waals surface area (Å²) in [5, 5.41) is 0. The smallest absolute Gasteiger partial charge is 0.256 e. The Bertz CT molecular complexity index is 805. The van der Waals surface area contributed by atoms with E-state index >= 15 is 0 Å². The SMILES string of the molecule is O=C(c1ccccc1F)N(CCc1ccccn1)CC1CC2C=CC1C2. The lowest BCUT2D eigenvalue weighted by atomic mass is 9.92. The maximum Gasteiger partial charge on any atom is 0.256 e. The molecule has 2 aliphatic carbocycles. The Hall–Kier alpha value is -2.49. The molecule has 0 aliphatic heterocycles. The Labute approximate surface area is 153 Å². The van der Waals surface area contributed by atoms with Gasteiger partial charge in [-0.15, -0.1) is 0 Å². The van der Waals surface area contributed by atoms with Crippen molar-refractivity contribution >= 4 is 5.91 Å². The van der Waals surface area contributed by atoms with Crippen LogP contribution in [0.25, 0.3) is 0 Å². The van der Waals surface area contributed by atoms with Crippen LogP contribution >= 0.6 is 0 Å². The second-order valence-corrected chi connectivity index (χ2v) is 7.34. The van der Waals surface area contributed by atoms with Crippen molar-refractivity contribution in [2.24, 2.45) is 17.8 Å². The van der Waals surface area contributed by atoms with Gasteiger partial charge in [0.1, 0.15) is 5.82 Å². The molecule has 3 atom stereocenters. The van der Waals surface area contributed by atoms with Gasteiger partial charge in [0.2, 0.25) is 0 Å². The summed E-state index contributed by atoms with van der Waals surface area (Å²) in [4.78, 5) is 19.2. The Balaban J connectivity index is 1.51. The summed E-state index contributed by atoms with van der Waals surface area (Å²) >= 11 is 0. The standard InChI is InChI=1S/C22H23FN2O/c23-21-7-2-1-6-20(21)22(26)25(12-10-19-5-3-4-11-24-19)15-18-14-16-8-9-17(18)13-16/h1-9,11,16-18H,10,12-15H2. The molecule has 2 bridgehead atoms. The summed E-state index contributed by atoms with van der Waals surface area (Å²) in [6.45, 7) is 1.24. The number of carbonyl (C=O) groups excluding carboxylic acids is 1. The summed E-state index contributed by atoms with van der Waals surface area (Å²) in [7, 11) is 0. The minimum atomic E-state index is -0.451. The van der Waals surface area contributed by atoms with Crippen LogP contribution in [0.4, 0.5) is 4.39 Å². The number of allylic oxidation sites excluding steroid dienone is 2. The van der Waals surface area contributed by atoms with E-state index in [0.717, 1.165) is 12.1 Å². The molecule has 1 fully saturated rings. The molecule has 0 N–H and O–H groups in total. The lowest BCUT2D eigenvalue weighted by Crippen LogP contribution is -2.38. The number of nitrogens with zero attached hydrogens (tertiary/aromatic N) is 2. The van der Waals surface area contributed by atoms with E-state index in [4.69, 9.17) is 0 Å². The van der Waals surface area contributed by atoms with E-state index in [1.807, 2.05) is 23.1 Å². The van der Waals surface area contributed by atoms with Crippen molar-refractivity contribution in [2.75, 3.05) is 13.1 Å². The number of hydrogen-bond donors (Lipinski definition) is 0. The molecule has 1 saturated carbocycles. The van der Waals surface area contributed by atoms with Crippen LogP contribution in [0, 0.1) is 23.6 Å². The maximum absolute atomic E-state index is 14.2.